The molecule has 0 spiro atoms. The predicted molar refractivity (Wildman–Crippen MR) is 118 cm³/mol. The van der Waals surface area contributed by atoms with Gasteiger partial charge in [-0.05, 0) is 56.4 Å². The Kier molecular flexibility index (Phi) is 6.65. The lowest BCUT2D eigenvalue weighted by Crippen LogP contribution is -2.44. The summed E-state index contributed by atoms with van der Waals surface area (Å²) in [7, 11) is 0. The average molecular weight is 453 g/mol. The Labute approximate surface area is 191 Å². The molecule has 1 aliphatic rings. The van der Waals surface area contributed by atoms with Gasteiger partial charge in [0.25, 0.3) is 0 Å². The average Bonchev–Trinajstić information content (AvgIpc) is 3.20. The molecule has 0 bridgehead atoms. The topological polar surface area (TPSA) is 86.3 Å². The lowest BCUT2D eigenvalue weighted by molar-refractivity contribution is -0.122. The van der Waals surface area contributed by atoms with E-state index in [0.29, 0.717) is 30.6 Å². The number of aryl methyl sites for hydroxylation is 2. The molecule has 1 amide bonds. The zero-order valence-electron chi connectivity index (χ0n) is 18.7. The number of rotatable bonds is 6. The maximum absolute atomic E-state index is 13.4. The third-order valence-electron chi connectivity index (χ3n) is 6.27. The second kappa shape index (κ2) is 9.63. The van der Waals surface area contributed by atoms with Crippen molar-refractivity contribution in [1.29, 1.82) is 5.26 Å². The molecule has 9 heteroatoms. The summed E-state index contributed by atoms with van der Waals surface area (Å²) in [6.45, 7) is 5.93. The monoisotopic (exact) mass is 452 g/mol. The van der Waals surface area contributed by atoms with Gasteiger partial charge in [0.15, 0.2) is 17.3 Å². The van der Waals surface area contributed by atoms with Gasteiger partial charge in [0.1, 0.15) is 11.6 Å². The molecule has 3 aromatic rings. The zero-order valence-corrected chi connectivity index (χ0v) is 18.7. The fourth-order valence-electron chi connectivity index (χ4n) is 4.42. The predicted octanol–water partition coefficient (Wildman–Crippen LogP) is 3.21. The number of aromatic nitrogens is 3. The van der Waals surface area contributed by atoms with Crippen molar-refractivity contribution in [3.05, 3.63) is 64.1 Å². The lowest BCUT2D eigenvalue weighted by Gasteiger charge is -2.32. The highest BCUT2D eigenvalue weighted by molar-refractivity contribution is 5.76. The van der Waals surface area contributed by atoms with Crippen LogP contribution in [-0.2, 0) is 17.8 Å². The molecule has 1 N–H and O–H groups in total. The molecule has 2 aromatic heterocycles. The van der Waals surface area contributed by atoms with Crippen molar-refractivity contribution in [3.63, 3.8) is 0 Å². The van der Waals surface area contributed by atoms with Gasteiger partial charge < -0.3 is 5.32 Å². The molecule has 1 aromatic carbocycles. The number of nitrogens with one attached hydrogen (secondary N) is 1. The normalized spacial score (nSPS) is 15.0. The molecule has 1 fully saturated rings. The Morgan fingerprint density at radius 3 is 2.70 bits per heavy atom. The van der Waals surface area contributed by atoms with E-state index in [0.717, 1.165) is 54.5 Å². The van der Waals surface area contributed by atoms with Crippen LogP contribution in [0, 0.1) is 36.8 Å². The number of benzene rings is 1. The summed E-state index contributed by atoms with van der Waals surface area (Å²) >= 11 is 0. The number of amides is 1. The van der Waals surface area contributed by atoms with Crippen molar-refractivity contribution in [1.82, 2.24) is 24.8 Å². The van der Waals surface area contributed by atoms with E-state index in [1.54, 1.807) is 10.6 Å². The molecule has 33 heavy (non-hydrogen) atoms. The van der Waals surface area contributed by atoms with Crippen LogP contribution in [0.3, 0.4) is 0 Å². The summed E-state index contributed by atoms with van der Waals surface area (Å²) in [5.74, 6) is -1.67. The second-order valence-corrected chi connectivity index (χ2v) is 8.53. The Bertz CT molecular complexity index is 1220. The van der Waals surface area contributed by atoms with E-state index in [4.69, 9.17) is 0 Å². The summed E-state index contributed by atoms with van der Waals surface area (Å²) in [4.78, 5) is 19.3. The van der Waals surface area contributed by atoms with Crippen LogP contribution in [0.4, 0.5) is 8.78 Å². The molecule has 0 saturated carbocycles. The number of hydrogen-bond donors (Lipinski definition) is 1. The zero-order chi connectivity index (χ0) is 23.5. The van der Waals surface area contributed by atoms with Crippen LogP contribution in [0.5, 0.6) is 0 Å². The lowest BCUT2D eigenvalue weighted by atomic mass is 10.0. The van der Waals surface area contributed by atoms with Crippen LogP contribution in [0.1, 0.15) is 47.3 Å². The van der Waals surface area contributed by atoms with Gasteiger partial charge in [0.2, 0.25) is 5.91 Å². The Morgan fingerprint density at radius 2 is 2.00 bits per heavy atom. The molecule has 1 saturated heterocycles. The van der Waals surface area contributed by atoms with Gasteiger partial charge >= 0.3 is 0 Å². The maximum atomic E-state index is 13.4. The Balaban J connectivity index is 1.28. The molecule has 1 aliphatic heterocycles. The number of halogens is 2. The molecule has 7 nitrogen and oxygen atoms in total. The smallest absolute Gasteiger partial charge is 0.220 e. The Hall–Kier alpha value is -3.38. The number of nitrogens with zero attached hydrogens (tertiary/aromatic N) is 5. The number of carbonyl (C=O) groups is 1. The second-order valence-electron chi connectivity index (χ2n) is 8.53. The molecule has 4 rings (SSSR count). The van der Waals surface area contributed by atoms with E-state index in [2.05, 4.69) is 26.4 Å². The van der Waals surface area contributed by atoms with E-state index in [-0.39, 0.29) is 11.9 Å². The van der Waals surface area contributed by atoms with Gasteiger partial charge in [-0.15, -0.1) is 0 Å². The number of hydrogen-bond acceptors (Lipinski definition) is 5. The summed E-state index contributed by atoms with van der Waals surface area (Å²) < 4.78 is 28.2. The maximum Gasteiger partial charge on any atom is 0.220 e. The van der Waals surface area contributed by atoms with Crippen LogP contribution < -0.4 is 5.32 Å². The molecule has 0 aliphatic carbocycles. The van der Waals surface area contributed by atoms with E-state index in [9.17, 15) is 18.8 Å². The van der Waals surface area contributed by atoms with Crippen LogP contribution in [-0.4, -0.2) is 44.5 Å². The first-order valence-corrected chi connectivity index (χ1v) is 11.0. The van der Waals surface area contributed by atoms with E-state index in [1.807, 2.05) is 13.8 Å². The van der Waals surface area contributed by atoms with Gasteiger partial charge in [-0.25, -0.2) is 18.3 Å². The molecule has 0 radical (unpaired) electrons. The van der Waals surface area contributed by atoms with Crippen LogP contribution in [0.2, 0.25) is 0 Å². The van der Waals surface area contributed by atoms with Crippen molar-refractivity contribution in [2.24, 2.45) is 0 Å². The minimum atomic E-state index is -0.835. The number of nitriles is 1. The number of likely N-dealkylation sites (tertiary alicyclic amines) is 1. The minimum Gasteiger partial charge on any atom is -0.353 e. The first kappa shape index (κ1) is 22.8. The van der Waals surface area contributed by atoms with Crippen LogP contribution in [0.15, 0.2) is 24.4 Å². The summed E-state index contributed by atoms with van der Waals surface area (Å²) in [5, 5.41) is 16.6. The van der Waals surface area contributed by atoms with Crippen molar-refractivity contribution in [2.45, 2.75) is 52.1 Å². The standard InChI is InChI=1S/C24H26F2N6O/c1-15-20(16(2)32-24(29-15)18(12-27)13-28-32)4-6-23(33)30-19-7-9-31(10-8-19)14-17-3-5-21(25)22(26)11-17/h3,5,11,13,19H,4,6-10,14H2,1-2H3,(H,30,33). The third-order valence-corrected chi connectivity index (χ3v) is 6.27. The van der Waals surface area contributed by atoms with Gasteiger partial charge in [-0.3, -0.25) is 9.69 Å². The summed E-state index contributed by atoms with van der Waals surface area (Å²) in [5.41, 5.74) is 4.36. The number of fused-ring (bicyclic) bond motifs is 1. The van der Waals surface area contributed by atoms with Crippen molar-refractivity contribution >= 4 is 11.6 Å². The SMILES string of the molecule is Cc1nc2c(C#N)cnn2c(C)c1CCC(=O)NC1CCN(Cc2ccc(F)c(F)c2)CC1. The first-order chi connectivity index (χ1) is 15.9. The minimum absolute atomic E-state index is 0.00821. The van der Waals surface area contributed by atoms with E-state index < -0.39 is 11.6 Å². The number of piperidine rings is 1. The number of carbonyl (C=O) groups excluding carboxylic acids is 1. The van der Waals surface area contributed by atoms with E-state index in [1.165, 1.54) is 12.3 Å². The van der Waals surface area contributed by atoms with Crippen molar-refractivity contribution in [2.75, 3.05) is 13.1 Å². The fraction of sp³-hybridized carbons (Fsp3) is 0.417. The quantitative estimate of drug-likeness (QED) is 0.621. The highest BCUT2D eigenvalue weighted by Crippen LogP contribution is 2.19. The van der Waals surface area contributed by atoms with Crippen LogP contribution in [0.25, 0.3) is 5.65 Å². The molecule has 0 unspecified atom stereocenters. The molecule has 172 valence electrons. The van der Waals surface area contributed by atoms with Gasteiger partial charge in [0, 0.05) is 43.5 Å². The largest absolute Gasteiger partial charge is 0.353 e. The summed E-state index contributed by atoms with van der Waals surface area (Å²) in [6.07, 6.45) is 4.01. The van der Waals surface area contributed by atoms with Crippen LogP contribution >= 0.6 is 0 Å². The van der Waals surface area contributed by atoms with Crippen molar-refractivity contribution < 1.29 is 13.6 Å². The third kappa shape index (κ3) is 5.01. The molecular weight excluding hydrogens is 426 g/mol. The first-order valence-electron chi connectivity index (χ1n) is 11.0. The molecule has 3 heterocycles. The summed E-state index contributed by atoms with van der Waals surface area (Å²) in [6, 6.07) is 6.20. The van der Waals surface area contributed by atoms with E-state index >= 15 is 0 Å². The highest BCUT2D eigenvalue weighted by Gasteiger charge is 2.21. The fourth-order valence-corrected chi connectivity index (χ4v) is 4.42. The van der Waals surface area contributed by atoms with Gasteiger partial charge in [-0.1, -0.05) is 6.07 Å². The Morgan fingerprint density at radius 1 is 1.24 bits per heavy atom. The highest BCUT2D eigenvalue weighted by atomic mass is 19.2. The molecule has 0 atom stereocenters. The molecular formula is C24H26F2N6O. The van der Waals surface area contributed by atoms with Gasteiger partial charge in [-0.2, -0.15) is 10.4 Å². The van der Waals surface area contributed by atoms with Crippen molar-refractivity contribution in [3.8, 4) is 6.07 Å². The van der Waals surface area contributed by atoms with Gasteiger partial charge in [0.05, 0.1) is 6.20 Å².